The molecule has 5 rings (SSSR count). The molecule has 4 aromatic rings. The minimum absolute atomic E-state index is 0.248. The van der Waals surface area contributed by atoms with Crippen molar-refractivity contribution in [2.24, 2.45) is 0 Å². The molecule has 0 bridgehead atoms. The van der Waals surface area contributed by atoms with Crippen molar-refractivity contribution >= 4 is 29.4 Å². The van der Waals surface area contributed by atoms with Gasteiger partial charge >= 0.3 is 0 Å². The number of rotatable bonds is 9. The number of nitrogens with zero attached hydrogens (tertiary/aromatic N) is 7. The Hall–Kier alpha value is -4.97. The van der Waals surface area contributed by atoms with Crippen LogP contribution in [-0.4, -0.2) is 73.5 Å². The first-order chi connectivity index (χ1) is 19.7. The summed E-state index contributed by atoms with van der Waals surface area (Å²) in [6.45, 7) is 3.44. The number of benzene rings is 1. The molecule has 41 heavy (non-hydrogen) atoms. The first-order valence-corrected chi connectivity index (χ1v) is 13.1. The monoisotopic (exact) mass is 553 g/mol. The van der Waals surface area contributed by atoms with Gasteiger partial charge in [-0.3, -0.25) is 9.59 Å². The van der Waals surface area contributed by atoms with E-state index in [1.165, 1.54) is 4.90 Å². The minimum Gasteiger partial charge on any atom is -0.394 e. The van der Waals surface area contributed by atoms with Crippen molar-refractivity contribution in [1.82, 2.24) is 35.1 Å². The zero-order chi connectivity index (χ0) is 29.1. The number of carbonyl (C=O) groups is 2. The predicted octanol–water partition coefficient (Wildman–Crippen LogP) is 2.64. The molecule has 4 heterocycles. The average molecular weight is 554 g/mol. The first kappa shape index (κ1) is 27.6. The SMILES string of the molecule is Cc1nccc(Nc2nccc(-c3ccc4c(c3)C(=O)N(C(C)C(=O)NC(CO)c3cccc(N(C)C)n3)C4)n2)n1. The molecule has 2 amide bonds. The number of pyridine rings is 1. The Labute approximate surface area is 237 Å². The number of aliphatic hydroxyl groups is 1. The molecule has 2 unspecified atom stereocenters. The Morgan fingerprint density at radius 3 is 2.63 bits per heavy atom. The van der Waals surface area contributed by atoms with E-state index in [9.17, 15) is 14.7 Å². The van der Waals surface area contributed by atoms with E-state index < -0.39 is 12.1 Å². The minimum atomic E-state index is -0.768. The van der Waals surface area contributed by atoms with Crippen LogP contribution in [0.25, 0.3) is 11.3 Å². The summed E-state index contributed by atoms with van der Waals surface area (Å²) >= 11 is 0. The van der Waals surface area contributed by atoms with Gasteiger partial charge in [-0.15, -0.1) is 0 Å². The van der Waals surface area contributed by atoms with Gasteiger partial charge in [0, 0.05) is 44.2 Å². The summed E-state index contributed by atoms with van der Waals surface area (Å²) in [4.78, 5) is 51.8. The average Bonchev–Trinajstić information content (AvgIpc) is 3.31. The number of hydrogen-bond acceptors (Lipinski definition) is 10. The fourth-order valence-corrected chi connectivity index (χ4v) is 4.55. The highest BCUT2D eigenvalue weighted by Gasteiger charge is 2.35. The van der Waals surface area contributed by atoms with Crippen LogP contribution >= 0.6 is 0 Å². The molecular formula is C29H31N9O3. The molecular weight excluding hydrogens is 522 g/mol. The molecule has 12 heteroatoms. The van der Waals surface area contributed by atoms with Crippen LogP contribution in [-0.2, 0) is 11.3 Å². The summed E-state index contributed by atoms with van der Waals surface area (Å²) < 4.78 is 0. The van der Waals surface area contributed by atoms with Gasteiger partial charge in [0.05, 0.1) is 24.0 Å². The predicted molar refractivity (Wildman–Crippen MR) is 153 cm³/mol. The van der Waals surface area contributed by atoms with Crippen molar-refractivity contribution in [3.8, 4) is 11.3 Å². The molecule has 0 fully saturated rings. The van der Waals surface area contributed by atoms with Gasteiger partial charge in [0.1, 0.15) is 23.5 Å². The van der Waals surface area contributed by atoms with Gasteiger partial charge in [0.25, 0.3) is 5.91 Å². The molecule has 0 saturated heterocycles. The quantitative estimate of drug-likeness (QED) is 0.282. The Kier molecular flexibility index (Phi) is 7.83. The lowest BCUT2D eigenvalue weighted by molar-refractivity contribution is -0.126. The van der Waals surface area contributed by atoms with E-state index in [0.29, 0.717) is 46.9 Å². The van der Waals surface area contributed by atoms with Crippen LogP contribution in [0, 0.1) is 6.92 Å². The normalized spacial score (nSPS) is 13.9. The number of nitrogens with one attached hydrogen (secondary N) is 2. The molecule has 0 saturated carbocycles. The number of aliphatic hydroxyl groups excluding tert-OH is 1. The molecule has 0 radical (unpaired) electrons. The summed E-state index contributed by atoms with van der Waals surface area (Å²) in [6.07, 6.45) is 3.28. The smallest absolute Gasteiger partial charge is 0.255 e. The van der Waals surface area contributed by atoms with Gasteiger partial charge in [0.2, 0.25) is 11.9 Å². The number of carbonyl (C=O) groups excluding carboxylic acids is 2. The number of anilines is 3. The molecule has 12 nitrogen and oxygen atoms in total. The molecule has 3 aromatic heterocycles. The van der Waals surface area contributed by atoms with E-state index >= 15 is 0 Å². The summed E-state index contributed by atoms with van der Waals surface area (Å²) in [7, 11) is 3.73. The molecule has 1 aliphatic rings. The Balaban J connectivity index is 1.30. The Morgan fingerprint density at radius 1 is 1.07 bits per heavy atom. The number of hydrogen-bond donors (Lipinski definition) is 3. The third-order valence-electron chi connectivity index (χ3n) is 6.83. The van der Waals surface area contributed by atoms with Crippen molar-refractivity contribution in [3.63, 3.8) is 0 Å². The van der Waals surface area contributed by atoms with Crippen molar-refractivity contribution in [2.75, 3.05) is 30.9 Å². The molecule has 3 N–H and O–H groups in total. The lowest BCUT2D eigenvalue weighted by Crippen LogP contribution is -2.47. The summed E-state index contributed by atoms with van der Waals surface area (Å²) in [5.41, 5.74) is 3.24. The maximum atomic E-state index is 13.4. The summed E-state index contributed by atoms with van der Waals surface area (Å²) in [6, 6.07) is 13.0. The van der Waals surface area contributed by atoms with Gasteiger partial charge in [0.15, 0.2) is 0 Å². The van der Waals surface area contributed by atoms with Crippen LogP contribution in [0.3, 0.4) is 0 Å². The second-order valence-corrected chi connectivity index (χ2v) is 9.92. The van der Waals surface area contributed by atoms with Crippen LogP contribution in [0.5, 0.6) is 0 Å². The maximum Gasteiger partial charge on any atom is 0.255 e. The molecule has 210 valence electrons. The van der Waals surface area contributed by atoms with Gasteiger partial charge in [-0.1, -0.05) is 18.2 Å². The van der Waals surface area contributed by atoms with Crippen LogP contribution < -0.4 is 15.5 Å². The highest BCUT2D eigenvalue weighted by atomic mass is 16.3. The van der Waals surface area contributed by atoms with E-state index in [2.05, 4.69) is 35.6 Å². The molecule has 1 aliphatic heterocycles. The lowest BCUT2D eigenvalue weighted by atomic mass is 10.0. The van der Waals surface area contributed by atoms with E-state index in [1.807, 2.05) is 43.3 Å². The van der Waals surface area contributed by atoms with Crippen LogP contribution in [0.15, 0.2) is 60.9 Å². The van der Waals surface area contributed by atoms with E-state index in [4.69, 9.17) is 0 Å². The summed E-state index contributed by atoms with van der Waals surface area (Å²) in [5.74, 6) is 1.64. The molecule has 0 spiro atoms. The van der Waals surface area contributed by atoms with E-state index in [-0.39, 0.29) is 18.4 Å². The Morgan fingerprint density at radius 2 is 1.88 bits per heavy atom. The number of amides is 2. The highest BCUT2D eigenvalue weighted by molar-refractivity contribution is 6.02. The van der Waals surface area contributed by atoms with Crippen LogP contribution in [0.4, 0.5) is 17.6 Å². The zero-order valence-electron chi connectivity index (χ0n) is 23.2. The first-order valence-electron chi connectivity index (χ1n) is 13.1. The van der Waals surface area contributed by atoms with Gasteiger partial charge in [-0.05, 0) is 49.7 Å². The van der Waals surface area contributed by atoms with E-state index in [1.54, 1.807) is 50.5 Å². The maximum absolute atomic E-state index is 13.4. The van der Waals surface area contributed by atoms with Crippen molar-refractivity contribution in [3.05, 3.63) is 83.6 Å². The fourth-order valence-electron chi connectivity index (χ4n) is 4.55. The van der Waals surface area contributed by atoms with Crippen LogP contribution in [0.1, 0.15) is 40.4 Å². The van der Waals surface area contributed by atoms with Crippen LogP contribution in [0.2, 0.25) is 0 Å². The number of aromatic nitrogens is 5. The van der Waals surface area contributed by atoms with E-state index in [0.717, 1.165) is 11.1 Å². The fraction of sp³-hybridized carbons (Fsp3) is 0.276. The van der Waals surface area contributed by atoms with Gasteiger partial charge < -0.3 is 25.5 Å². The third kappa shape index (κ3) is 5.97. The van der Waals surface area contributed by atoms with Gasteiger partial charge in [-0.2, -0.15) is 0 Å². The lowest BCUT2D eigenvalue weighted by Gasteiger charge is -2.26. The zero-order valence-corrected chi connectivity index (χ0v) is 23.2. The van der Waals surface area contributed by atoms with Crippen molar-refractivity contribution in [2.45, 2.75) is 32.5 Å². The Bertz CT molecular complexity index is 1590. The van der Waals surface area contributed by atoms with Gasteiger partial charge in [-0.25, -0.2) is 24.9 Å². The third-order valence-corrected chi connectivity index (χ3v) is 6.83. The summed E-state index contributed by atoms with van der Waals surface area (Å²) in [5, 5.41) is 15.9. The molecule has 0 aliphatic carbocycles. The topological polar surface area (TPSA) is 149 Å². The standard InChI is InChI=1S/C29H31N9O3/c1-17(27(40)34-24(16-39)23-6-5-7-26(33-23)37(3)4)38-15-20-9-8-19(14-21(20)28(38)41)22-10-12-31-29(35-22)36-25-11-13-30-18(2)32-25/h5-14,17,24,39H,15-16H2,1-4H3,(H,34,40)(H,30,31,32,35,36). The van der Waals surface area contributed by atoms with Crippen molar-refractivity contribution in [1.29, 1.82) is 0 Å². The highest BCUT2D eigenvalue weighted by Crippen LogP contribution is 2.30. The molecule has 2 atom stereocenters. The number of aryl methyl sites for hydroxylation is 1. The molecule has 1 aromatic carbocycles. The largest absolute Gasteiger partial charge is 0.394 e. The van der Waals surface area contributed by atoms with Crippen molar-refractivity contribution < 1.29 is 14.7 Å². The number of fused-ring (bicyclic) bond motifs is 1. The second kappa shape index (κ2) is 11.6. The second-order valence-electron chi connectivity index (χ2n) is 9.92.